The van der Waals surface area contributed by atoms with Gasteiger partial charge in [-0.25, -0.2) is 8.42 Å². The van der Waals surface area contributed by atoms with Crippen molar-refractivity contribution in [1.82, 2.24) is 15.5 Å². The molecule has 0 atom stereocenters. The third-order valence-corrected chi connectivity index (χ3v) is 6.22. The van der Waals surface area contributed by atoms with Crippen LogP contribution < -0.4 is 10.6 Å². The van der Waals surface area contributed by atoms with Crippen LogP contribution in [0, 0.1) is 6.92 Å². The van der Waals surface area contributed by atoms with Gasteiger partial charge in [-0.2, -0.15) is 0 Å². The predicted octanol–water partition coefficient (Wildman–Crippen LogP) is 2.33. The van der Waals surface area contributed by atoms with Gasteiger partial charge in [0, 0.05) is 26.4 Å². The van der Waals surface area contributed by atoms with Crippen molar-refractivity contribution >= 4 is 15.8 Å². The standard InChI is InChI=1S/C20H34N4O2S/c1-17-15-18(9-10-19(17)27(3,25)26)16-23-20(21-2)22-11-8-14-24-12-6-4-5-7-13-24/h9-10,15H,4-8,11-14,16H2,1-3H3,(H2,21,22,23). The lowest BCUT2D eigenvalue weighted by Crippen LogP contribution is -2.38. The fourth-order valence-electron chi connectivity index (χ4n) is 3.51. The molecule has 0 aliphatic carbocycles. The molecule has 27 heavy (non-hydrogen) atoms. The minimum absolute atomic E-state index is 0.391. The first-order chi connectivity index (χ1) is 12.9. The molecule has 152 valence electrons. The summed E-state index contributed by atoms with van der Waals surface area (Å²) in [6, 6.07) is 5.44. The Morgan fingerprint density at radius 2 is 1.85 bits per heavy atom. The molecular formula is C20H34N4O2S. The fourth-order valence-corrected chi connectivity index (χ4v) is 4.47. The molecular weight excluding hydrogens is 360 g/mol. The van der Waals surface area contributed by atoms with Gasteiger partial charge in [-0.3, -0.25) is 4.99 Å². The van der Waals surface area contributed by atoms with Gasteiger partial charge in [-0.1, -0.05) is 25.0 Å². The van der Waals surface area contributed by atoms with E-state index >= 15 is 0 Å². The number of sulfone groups is 1. The smallest absolute Gasteiger partial charge is 0.191 e. The van der Waals surface area contributed by atoms with Gasteiger partial charge in [-0.15, -0.1) is 0 Å². The molecule has 0 spiro atoms. The number of benzene rings is 1. The molecule has 0 unspecified atom stereocenters. The number of likely N-dealkylation sites (tertiary alicyclic amines) is 1. The highest BCUT2D eigenvalue weighted by Crippen LogP contribution is 2.16. The Morgan fingerprint density at radius 1 is 1.15 bits per heavy atom. The first-order valence-electron chi connectivity index (χ1n) is 9.86. The third-order valence-electron chi connectivity index (χ3n) is 4.96. The summed E-state index contributed by atoms with van der Waals surface area (Å²) in [7, 11) is -1.41. The molecule has 0 aromatic heterocycles. The van der Waals surface area contributed by atoms with Gasteiger partial charge in [0.2, 0.25) is 0 Å². The van der Waals surface area contributed by atoms with E-state index in [0.29, 0.717) is 11.4 Å². The van der Waals surface area contributed by atoms with Gasteiger partial charge in [0.25, 0.3) is 0 Å². The number of hydrogen-bond acceptors (Lipinski definition) is 4. The van der Waals surface area contributed by atoms with Gasteiger partial charge in [0.1, 0.15) is 0 Å². The highest BCUT2D eigenvalue weighted by Gasteiger charge is 2.11. The summed E-state index contributed by atoms with van der Waals surface area (Å²) in [5, 5.41) is 6.66. The first kappa shape index (κ1) is 21.7. The maximum absolute atomic E-state index is 11.7. The quantitative estimate of drug-likeness (QED) is 0.422. The number of rotatable bonds is 7. The van der Waals surface area contributed by atoms with Crippen molar-refractivity contribution in [3.8, 4) is 0 Å². The van der Waals surface area contributed by atoms with E-state index in [1.54, 1.807) is 13.1 Å². The van der Waals surface area contributed by atoms with Crippen LogP contribution in [0.15, 0.2) is 28.1 Å². The first-order valence-corrected chi connectivity index (χ1v) is 11.8. The van der Waals surface area contributed by atoms with Gasteiger partial charge < -0.3 is 15.5 Å². The maximum Gasteiger partial charge on any atom is 0.191 e. The van der Waals surface area contributed by atoms with Crippen LogP contribution in [0.4, 0.5) is 0 Å². The van der Waals surface area contributed by atoms with Crippen LogP contribution in [0.2, 0.25) is 0 Å². The van der Waals surface area contributed by atoms with Crippen LogP contribution in [-0.2, 0) is 16.4 Å². The summed E-state index contributed by atoms with van der Waals surface area (Å²) in [5.41, 5.74) is 1.81. The molecule has 1 aromatic carbocycles. The second-order valence-corrected chi connectivity index (χ2v) is 9.32. The zero-order valence-corrected chi connectivity index (χ0v) is 17.7. The summed E-state index contributed by atoms with van der Waals surface area (Å²) in [6.07, 6.45) is 7.74. The van der Waals surface area contributed by atoms with Crippen molar-refractivity contribution in [2.45, 2.75) is 50.5 Å². The molecule has 0 amide bonds. The van der Waals surface area contributed by atoms with E-state index in [0.717, 1.165) is 36.6 Å². The monoisotopic (exact) mass is 394 g/mol. The number of nitrogens with zero attached hydrogens (tertiary/aromatic N) is 2. The summed E-state index contributed by atoms with van der Waals surface area (Å²) in [6.45, 7) is 6.93. The lowest BCUT2D eigenvalue weighted by molar-refractivity contribution is 0.282. The summed E-state index contributed by atoms with van der Waals surface area (Å²) in [4.78, 5) is 7.22. The van der Waals surface area contributed by atoms with Crippen molar-refractivity contribution in [2.75, 3.05) is 39.5 Å². The highest BCUT2D eigenvalue weighted by atomic mass is 32.2. The molecule has 1 fully saturated rings. The van der Waals surface area contributed by atoms with E-state index in [9.17, 15) is 8.42 Å². The second-order valence-electron chi connectivity index (χ2n) is 7.33. The number of hydrogen-bond donors (Lipinski definition) is 2. The van der Waals surface area contributed by atoms with Crippen molar-refractivity contribution in [3.63, 3.8) is 0 Å². The largest absolute Gasteiger partial charge is 0.356 e. The van der Waals surface area contributed by atoms with Gasteiger partial charge in [0.15, 0.2) is 15.8 Å². The Labute approximate surface area is 164 Å². The summed E-state index contributed by atoms with van der Waals surface area (Å²) in [5.74, 6) is 0.774. The lowest BCUT2D eigenvalue weighted by atomic mass is 10.1. The van der Waals surface area contributed by atoms with Crippen molar-refractivity contribution in [1.29, 1.82) is 0 Å². The van der Waals surface area contributed by atoms with E-state index in [4.69, 9.17) is 0 Å². The van der Waals surface area contributed by atoms with E-state index in [1.807, 2.05) is 19.1 Å². The molecule has 2 N–H and O–H groups in total. The molecule has 2 rings (SSSR count). The zero-order valence-electron chi connectivity index (χ0n) is 16.9. The molecule has 1 aliphatic heterocycles. The summed E-state index contributed by atoms with van der Waals surface area (Å²) >= 11 is 0. The molecule has 1 saturated heterocycles. The molecule has 6 nitrogen and oxygen atoms in total. The van der Waals surface area contributed by atoms with Crippen molar-refractivity contribution < 1.29 is 8.42 Å². The van der Waals surface area contributed by atoms with Crippen LogP contribution in [0.3, 0.4) is 0 Å². The Morgan fingerprint density at radius 3 is 2.44 bits per heavy atom. The van der Waals surface area contributed by atoms with Crippen molar-refractivity contribution in [2.24, 2.45) is 4.99 Å². The highest BCUT2D eigenvalue weighted by molar-refractivity contribution is 7.90. The molecule has 0 bridgehead atoms. The van der Waals surface area contributed by atoms with Crippen LogP contribution >= 0.6 is 0 Å². The Kier molecular flexibility index (Phi) is 8.57. The number of guanidine groups is 1. The molecule has 0 saturated carbocycles. The van der Waals surface area contributed by atoms with Gasteiger partial charge in [0.05, 0.1) is 4.90 Å². The normalized spacial score (nSPS) is 16.8. The maximum atomic E-state index is 11.7. The minimum atomic E-state index is -3.17. The molecule has 0 radical (unpaired) electrons. The van der Waals surface area contributed by atoms with Crippen LogP contribution in [0.5, 0.6) is 0 Å². The Hall–Kier alpha value is -1.60. The van der Waals surface area contributed by atoms with E-state index < -0.39 is 9.84 Å². The number of nitrogens with one attached hydrogen (secondary N) is 2. The van der Waals surface area contributed by atoms with Crippen LogP contribution in [-0.4, -0.2) is 58.8 Å². The summed E-state index contributed by atoms with van der Waals surface area (Å²) < 4.78 is 23.4. The molecule has 1 aliphatic rings. The minimum Gasteiger partial charge on any atom is -0.356 e. The fraction of sp³-hybridized carbons (Fsp3) is 0.650. The molecule has 1 heterocycles. The van der Waals surface area contributed by atoms with Gasteiger partial charge in [-0.05, 0) is 63.0 Å². The third kappa shape index (κ3) is 7.50. The average molecular weight is 395 g/mol. The average Bonchev–Trinajstić information content (AvgIpc) is 2.89. The predicted molar refractivity (Wildman–Crippen MR) is 112 cm³/mol. The van der Waals surface area contributed by atoms with E-state index in [1.165, 1.54) is 45.0 Å². The van der Waals surface area contributed by atoms with Crippen molar-refractivity contribution in [3.05, 3.63) is 29.3 Å². The molecule has 7 heteroatoms. The van der Waals surface area contributed by atoms with E-state index in [-0.39, 0.29) is 0 Å². The Balaban J connectivity index is 1.74. The number of aliphatic imine (C=N–C) groups is 1. The SMILES string of the molecule is CN=C(NCCCN1CCCCCC1)NCc1ccc(S(C)(=O)=O)c(C)c1. The van der Waals surface area contributed by atoms with Gasteiger partial charge >= 0.3 is 0 Å². The van der Waals surface area contributed by atoms with E-state index in [2.05, 4.69) is 20.5 Å². The Bertz CT molecular complexity index is 723. The topological polar surface area (TPSA) is 73.8 Å². The van der Waals surface area contributed by atoms with Crippen LogP contribution in [0.25, 0.3) is 0 Å². The zero-order chi connectivity index (χ0) is 19.7. The van der Waals surface area contributed by atoms with Crippen LogP contribution in [0.1, 0.15) is 43.2 Å². The number of aryl methyl sites for hydroxylation is 1. The lowest BCUT2D eigenvalue weighted by Gasteiger charge is -2.20. The second kappa shape index (κ2) is 10.7. The molecule has 1 aromatic rings.